The molecule has 2 aromatic heterocycles. The molecule has 62 heavy (non-hydrogen) atoms. The van der Waals surface area contributed by atoms with Crippen molar-refractivity contribution in [2.45, 2.75) is 0 Å². The summed E-state index contributed by atoms with van der Waals surface area (Å²) in [6.07, 6.45) is 0. The average molecular weight is 792 g/mol. The van der Waals surface area contributed by atoms with Crippen molar-refractivity contribution in [1.82, 2.24) is 19.5 Å². The minimum absolute atomic E-state index is 0.627. The maximum Gasteiger partial charge on any atom is 0.164 e. The molecule has 0 fully saturated rings. The first kappa shape index (κ1) is 35.5. The molecule has 1 aliphatic heterocycles. The SMILES string of the molecule is c1ccc(-c2nc(-c3ccccc3)nc(-c3cccc(-c4cccc(N5c6ccccc6-c6ccccc6-c6cc7c(cc65)c5ccccc5n7-c5ccccc5)c4)c3)n2)cc1. The van der Waals surface area contributed by atoms with Crippen LogP contribution in [0, 0.1) is 0 Å². The Labute approximate surface area is 359 Å². The minimum atomic E-state index is 0.627. The van der Waals surface area contributed by atoms with Crippen LogP contribution in [0.2, 0.25) is 0 Å². The van der Waals surface area contributed by atoms with E-state index in [-0.39, 0.29) is 0 Å². The van der Waals surface area contributed by atoms with Crippen LogP contribution in [0.1, 0.15) is 0 Å². The summed E-state index contributed by atoms with van der Waals surface area (Å²) >= 11 is 0. The number of para-hydroxylation sites is 3. The Hall–Kier alpha value is -8.41. The van der Waals surface area contributed by atoms with Crippen molar-refractivity contribution in [3.63, 3.8) is 0 Å². The van der Waals surface area contributed by atoms with Crippen LogP contribution in [0.4, 0.5) is 17.1 Å². The lowest BCUT2D eigenvalue weighted by Crippen LogP contribution is -2.11. The van der Waals surface area contributed by atoms with E-state index in [1.165, 1.54) is 44.1 Å². The van der Waals surface area contributed by atoms with E-state index in [0.717, 1.165) is 50.6 Å². The van der Waals surface area contributed by atoms with E-state index in [4.69, 9.17) is 15.0 Å². The van der Waals surface area contributed by atoms with E-state index < -0.39 is 0 Å². The molecule has 0 saturated carbocycles. The first-order valence-electron chi connectivity index (χ1n) is 20.9. The molecule has 3 heterocycles. The van der Waals surface area contributed by atoms with Gasteiger partial charge in [0.15, 0.2) is 17.5 Å². The number of fused-ring (bicyclic) bond motifs is 8. The van der Waals surface area contributed by atoms with Gasteiger partial charge in [-0.05, 0) is 76.9 Å². The largest absolute Gasteiger partial charge is 0.309 e. The highest BCUT2D eigenvalue weighted by atomic mass is 15.2. The van der Waals surface area contributed by atoms with Gasteiger partial charge in [0.25, 0.3) is 0 Å². The van der Waals surface area contributed by atoms with Crippen molar-refractivity contribution in [1.29, 1.82) is 0 Å². The fourth-order valence-electron chi connectivity index (χ4n) is 9.12. The van der Waals surface area contributed by atoms with Crippen molar-refractivity contribution in [3.8, 4) is 73.2 Å². The zero-order chi connectivity index (χ0) is 41.0. The van der Waals surface area contributed by atoms with Gasteiger partial charge >= 0.3 is 0 Å². The van der Waals surface area contributed by atoms with Gasteiger partial charge in [-0.1, -0.05) is 170 Å². The van der Waals surface area contributed by atoms with E-state index in [1.54, 1.807) is 0 Å². The maximum absolute atomic E-state index is 5.04. The van der Waals surface area contributed by atoms with E-state index in [2.05, 4.69) is 173 Å². The quantitative estimate of drug-likeness (QED) is 0.168. The van der Waals surface area contributed by atoms with Gasteiger partial charge in [-0.15, -0.1) is 0 Å². The van der Waals surface area contributed by atoms with Crippen molar-refractivity contribution >= 4 is 38.9 Å². The average Bonchev–Trinajstić information content (AvgIpc) is 3.62. The number of aromatic nitrogens is 4. The Morgan fingerprint density at radius 2 is 0.774 bits per heavy atom. The third kappa shape index (κ3) is 5.98. The second-order valence-corrected chi connectivity index (χ2v) is 15.6. The summed E-state index contributed by atoms with van der Waals surface area (Å²) in [6.45, 7) is 0. The molecule has 0 atom stereocenters. The number of hydrogen-bond donors (Lipinski definition) is 0. The van der Waals surface area contributed by atoms with Crippen LogP contribution in [0.5, 0.6) is 0 Å². The summed E-state index contributed by atoms with van der Waals surface area (Å²) in [6, 6.07) is 79.6. The van der Waals surface area contributed by atoms with Gasteiger partial charge < -0.3 is 9.47 Å². The molecule has 11 aromatic rings. The summed E-state index contributed by atoms with van der Waals surface area (Å²) in [4.78, 5) is 17.5. The molecule has 9 aromatic carbocycles. The second-order valence-electron chi connectivity index (χ2n) is 15.6. The van der Waals surface area contributed by atoms with Gasteiger partial charge in [0.1, 0.15) is 0 Å². The van der Waals surface area contributed by atoms with E-state index in [9.17, 15) is 0 Å². The molecule has 0 bridgehead atoms. The smallest absolute Gasteiger partial charge is 0.164 e. The van der Waals surface area contributed by atoms with Gasteiger partial charge in [-0.25, -0.2) is 15.0 Å². The highest BCUT2D eigenvalue weighted by Crippen LogP contribution is 2.53. The molecule has 0 saturated heterocycles. The van der Waals surface area contributed by atoms with Gasteiger partial charge in [0, 0.05) is 50.0 Å². The van der Waals surface area contributed by atoms with Crippen molar-refractivity contribution in [2.24, 2.45) is 0 Å². The zero-order valence-electron chi connectivity index (χ0n) is 33.6. The topological polar surface area (TPSA) is 46.8 Å². The summed E-state index contributed by atoms with van der Waals surface area (Å²) in [5.74, 6) is 1.91. The van der Waals surface area contributed by atoms with Gasteiger partial charge in [-0.2, -0.15) is 0 Å². The molecular weight excluding hydrogens is 755 g/mol. The van der Waals surface area contributed by atoms with Crippen LogP contribution in [0.25, 0.3) is 95.0 Å². The maximum atomic E-state index is 5.04. The Bertz CT molecular complexity index is 3410. The monoisotopic (exact) mass is 791 g/mol. The van der Waals surface area contributed by atoms with Gasteiger partial charge in [-0.3, -0.25) is 0 Å². The molecule has 0 N–H and O–H groups in total. The molecule has 12 rings (SSSR count). The van der Waals surface area contributed by atoms with Crippen LogP contribution < -0.4 is 4.90 Å². The molecule has 0 aliphatic carbocycles. The van der Waals surface area contributed by atoms with E-state index >= 15 is 0 Å². The molecule has 0 spiro atoms. The van der Waals surface area contributed by atoms with E-state index in [0.29, 0.717) is 17.5 Å². The Morgan fingerprint density at radius 1 is 0.274 bits per heavy atom. The minimum Gasteiger partial charge on any atom is -0.309 e. The Balaban J connectivity index is 1.04. The molecule has 5 nitrogen and oxygen atoms in total. The van der Waals surface area contributed by atoms with Crippen LogP contribution in [0.3, 0.4) is 0 Å². The lowest BCUT2D eigenvalue weighted by Gasteiger charge is -2.28. The number of hydrogen-bond acceptors (Lipinski definition) is 4. The zero-order valence-corrected chi connectivity index (χ0v) is 33.6. The van der Waals surface area contributed by atoms with Crippen LogP contribution >= 0.6 is 0 Å². The molecule has 0 radical (unpaired) electrons. The molecule has 0 unspecified atom stereocenters. The van der Waals surface area contributed by atoms with Crippen LogP contribution in [0.15, 0.2) is 224 Å². The second kappa shape index (κ2) is 14.7. The number of nitrogens with zero attached hydrogens (tertiary/aromatic N) is 5. The van der Waals surface area contributed by atoms with Crippen LogP contribution in [-0.4, -0.2) is 19.5 Å². The highest BCUT2D eigenvalue weighted by Gasteiger charge is 2.28. The lowest BCUT2D eigenvalue weighted by molar-refractivity contribution is 1.07. The normalized spacial score (nSPS) is 11.8. The molecular formula is C57H37N5. The Morgan fingerprint density at radius 3 is 1.48 bits per heavy atom. The highest BCUT2D eigenvalue weighted by molar-refractivity contribution is 6.15. The summed E-state index contributed by atoms with van der Waals surface area (Å²) < 4.78 is 2.40. The molecule has 290 valence electrons. The first-order chi connectivity index (χ1) is 30.7. The number of rotatable bonds is 6. The van der Waals surface area contributed by atoms with Crippen LogP contribution in [-0.2, 0) is 0 Å². The van der Waals surface area contributed by atoms with Gasteiger partial charge in [0.05, 0.1) is 22.4 Å². The van der Waals surface area contributed by atoms with Gasteiger partial charge in [0.2, 0.25) is 0 Å². The third-order valence-corrected chi connectivity index (χ3v) is 12.0. The lowest BCUT2D eigenvalue weighted by atomic mass is 9.94. The van der Waals surface area contributed by atoms with Crippen molar-refractivity contribution in [3.05, 3.63) is 224 Å². The van der Waals surface area contributed by atoms with E-state index in [1.807, 2.05) is 60.7 Å². The molecule has 5 heteroatoms. The number of anilines is 3. The summed E-state index contributed by atoms with van der Waals surface area (Å²) in [5.41, 5.74) is 16.6. The van der Waals surface area contributed by atoms with Crippen molar-refractivity contribution < 1.29 is 0 Å². The predicted molar refractivity (Wildman–Crippen MR) is 255 cm³/mol. The standard InChI is InChI=1S/C57H37N5/c1-4-18-38(19-5-1)55-58-56(39-20-6-2-7-21-39)60-57(59-55)42-24-16-22-40(34-42)41-23-17-27-44(35-41)62-51-32-14-12-30-47(51)45-28-10-11-29-46(45)49-36-54-50(37-53(49)62)48-31-13-15-33-52(48)61(54)43-25-8-3-9-26-43/h1-37H. The number of benzene rings is 9. The fourth-order valence-corrected chi connectivity index (χ4v) is 9.12. The first-order valence-corrected chi connectivity index (χ1v) is 20.9. The summed E-state index contributed by atoms with van der Waals surface area (Å²) in [7, 11) is 0. The van der Waals surface area contributed by atoms with Crippen molar-refractivity contribution in [2.75, 3.05) is 4.90 Å². The molecule has 1 aliphatic rings. The fraction of sp³-hybridized carbons (Fsp3) is 0. The third-order valence-electron chi connectivity index (χ3n) is 12.0. The predicted octanol–water partition coefficient (Wildman–Crippen LogP) is 14.8. The Kier molecular flexibility index (Phi) is 8.42. The molecule has 0 amide bonds. The summed E-state index contributed by atoms with van der Waals surface area (Å²) in [5, 5.41) is 2.42.